The number of hydrogen-bond donors (Lipinski definition) is 1. The van der Waals surface area contributed by atoms with Gasteiger partial charge >= 0.3 is 0 Å². The number of para-hydroxylation sites is 1. The van der Waals surface area contributed by atoms with Crippen LogP contribution in [0.15, 0.2) is 71.4 Å². The summed E-state index contributed by atoms with van der Waals surface area (Å²) < 4.78 is 11.4. The topological polar surface area (TPSA) is 77.2 Å². The number of fused-ring (bicyclic) bond motifs is 1. The molecule has 0 aliphatic carbocycles. The summed E-state index contributed by atoms with van der Waals surface area (Å²) in [6.45, 7) is 1.66. The number of carbonyl (C=O) groups is 1. The molecule has 4 aromatic rings. The molecule has 0 bridgehead atoms. The third-order valence-electron chi connectivity index (χ3n) is 4.09. The SMILES string of the molecule is C[C@H](Oc1ccccc1Cl)C(=O)Nc1ccc2oc(-c3ccncc3)nc2c1. The Morgan fingerprint density at radius 1 is 1.14 bits per heavy atom. The van der Waals surface area contributed by atoms with Gasteiger partial charge in [0, 0.05) is 23.6 Å². The van der Waals surface area contributed by atoms with Crippen molar-refractivity contribution in [3.05, 3.63) is 72.0 Å². The molecular weight excluding hydrogens is 378 g/mol. The molecule has 0 saturated carbocycles. The normalized spacial score (nSPS) is 11.9. The summed E-state index contributed by atoms with van der Waals surface area (Å²) in [4.78, 5) is 20.9. The van der Waals surface area contributed by atoms with Crippen molar-refractivity contribution < 1.29 is 13.9 Å². The van der Waals surface area contributed by atoms with Crippen molar-refractivity contribution in [1.29, 1.82) is 0 Å². The van der Waals surface area contributed by atoms with E-state index < -0.39 is 6.10 Å². The second kappa shape index (κ2) is 7.70. The maximum Gasteiger partial charge on any atom is 0.265 e. The number of amides is 1. The first-order chi connectivity index (χ1) is 13.6. The molecule has 1 amide bonds. The van der Waals surface area contributed by atoms with Crippen LogP contribution in [0.5, 0.6) is 5.75 Å². The smallest absolute Gasteiger partial charge is 0.265 e. The predicted octanol–water partition coefficient (Wildman–Crippen LogP) is 4.95. The number of pyridine rings is 1. The Balaban J connectivity index is 1.49. The highest BCUT2D eigenvalue weighted by molar-refractivity contribution is 6.32. The lowest BCUT2D eigenvalue weighted by molar-refractivity contribution is -0.122. The monoisotopic (exact) mass is 393 g/mol. The molecule has 6 nitrogen and oxygen atoms in total. The van der Waals surface area contributed by atoms with Crippen molar-refractivity contribution in [3.8, 4) is 17.2 Å². The highest BCUT2D eigenvalue weighted by atomic mass is 35.5. The number of aromatic nitrogens is 2. The van der Waals surface area contributed by atoms with Crippen LogP contribution in [0.2, 0.25) is 5.02 Å². The highest BCUT2D eigenvalue weighted by Crippen LogP contribution is 2.27. The molecule has 0 unspecified atom stereocenters. The zero-order valence-corrected chi connectivity index (χ0v) is 15.7. The third-order valence-corrected chi connectivity index (χ3v) is 4.40. The molecule has 0 spiro atoms. The first-order valence-electron chi connectivity index (χ1n) is 8.63. The van der Waals surface area contributed by atoms with Gasteiger partial charge in [-0.25, -0.2) is 4.98 Å². The van der Waals surface area contributed by atoms with Crippen molar-refractivity contribution in [1.82, 2.24) is 9.97 Å². The molecule has 2 aromatic heterocycles. The van der Waals surface area contributed by atoms with E-state index in [9.17, 15) is 4.79 Å². The van der Waals surface area contributed by atoms with Crippen molar-refractivity contribution in [2.45, 2.75) is 13.0 Å². The molecule has 2 heterocycles. The number of anilines is 1. The fraction of sp³-hybridized carbons (Fsp3) is 0.0952. The van der Waals surface area contributed by atoms with E-state index >= 15 is 0 Å². The van der Waals surface area contributed by atoms with Crippen LogP contribution in [0.4, 0.5) is 5.69 Å². The van der Waals surface area contributed by atoms with Gasteiger partial charge in [0.05, 0.1) is 5.02 Å². The minimum absolute atomic E-state index is 0.294. The Bertz CT molecular complexity index is 1130. The van der Waals surface area contributed by atoms with Gasteiger partial charge in [-0.2, -0.15) is 0 Å². The number of nitrogens with zero attached hydrogens (tertiary/aromatic N) is 2. The molecule has 0 aliphatic heterocycles. The average Bonchev–Trinajstić information content (AvgIpc) is 3.14. The predicted molar refractivity (Wildman–Crippen MR) is 107 cm³/mol. The Morgan fingerprint density at radius 3 is 2.71 bits per heavy atom. The summed E-state index contributed by atoms with van der Waals surface area (Å²) in [7, 11) is 0. The van der Waals surface area contributed by atoms with Gasteiger partial charge in [-0.05, 0) is 49.4 Å². The molecule has 1 atom stereocenters. The second-order valence-electron chi connectivity index (χ2n) is 6.12. The zero-order chi connectivity index (χ0) is 19.5. The summed E-state index contributed by atoms with van der Waals surface area (Å²) in [5, 5.41) is 3.28. The number of hydrogen-bond acceptors (Lipinski definition) is 5. The lowest BCUT2D eigenvalue weighted by atomic mass is 10.2. The minimum Gasteiger partial charge on any atom is -0.479 e. The number of ether oxygens (including phenoxy) is 1. The molecule has 2 aromatic carbocycles. The van der Waals surface area contributed by atoms with Crippen LogP contribution in [0.3, 0.4) is 0 Å². The van der Waals surface area contributed by atoms with Crippen LogP contribution in [-0.2, 0) is 4.79 Å². The molecule has 7 heteroatoms. The van der Waals surface area contributed by atoms with Crippen LogP contribution in [0.25, 0.3) is 22.6 Å². The average molecular weight is 394 g/mol. The molecule has 4 rings (SSSR count). The number of halogens is 1. The Hall–Kier alpha value is -3.38. The van der Waals surface area contributed by atoms with E-state index in [2.05, 4.69) is 15.3 Å². The second-order valence-corrected chi connectivity index (χ2v) is 6.52. The van der Waals surface area contributed by atoms with Crippen molar-refractivity contribution in [2.75, 3.05) is 5.32 Å². The molecular formula is C21H16ClN3O3. The van der Waals surface area contributed by atoms with E-state index in [4.69, 9.17) is 20.8 Å². The molecule has 0 saturated heterocycles. The maximum atomic E-state index is 12.5. The number of benzene rings is 2. The number of oxazole rings is 1. The van der Waals surface area contributed by atoms with Gasteiger partial charge in [0.1, 0.15) is 11.3 Å². The fourth-order valence-electron chi connectivity index (χ4n) is 2.65. The summed E-state index contributed by atoms with van der Waals surface area (Å²) in [6.07, 6.45) is 2.63. The van der Waals surface area contributed by atoms with Gasteiger partial charge in [0.2, 0.25) is 5.89 Å². The van der Waals surface area contributed by atoms with E-state index in [1.165, 1.54) is 0 Å². The first kappa shape index (κ1) is 18.0. The largest absolute Gasteiger partial charge is 0.479 e. The van der Waals surface area contributed by atoms with Gasteiger partial charge < -0.3 is 14.5 Å². The third kappa shape index (κ3) is 3.82. The van der Waals surface area contributed by atoms with Crippen molar-refractivity contribution >= 4 is 34.3 Å². The van der Waals surface area contributed by atoms with Crippen LogP contribution in [0.1, 0.15) is 6.92 Å². The van der Waals surface area contributed by atoms with Crippen LogP contribution in [-0.4, -0.2) is 22.0 Å². The lowest BCUT2D eigenvalue weighted by Crippen LogP contribution is -2.30. The molecule has 0 fully saturated rings. The number of nitrogens with one attached hydrogen (secondary N) is 1. The van der Waals surface area contributed by atoms with Crippen LogP contribution >= 0.6 is 11.6 Å². The molecule has 28 heavy (non-hydrogen) atoms. The minimum atomic E-state index is -0.722. The molecule has 1 N–H and O–H groups in total. The van der Waals surface area contributed by atoms with E-state index in [0.717, 1.165) is 5.56 Å². The Labute approximate surface area is 166 Å². The first-order valence-corrected chi connectivity index (χ1v) is 9.01. The van der Waals surface area contributed by atoms with Gasteiger partial charge in [-0.15, -0.1) is 0 Å². The lowest BCUT2D eigenvalue weighted by Gasteiger charge is -2.15. The van der Waals surface area contributed by atoms with E-state index in [1.807, 2.05) is 12.1 Å². The Kier molecular flexibility index (Phi) is 4.95. The number of rotatable bonds is 5. The highest BCUT2D eigenvalue weighted by Gasteiger charge is 2.17. The van der Waals surface area contributed by atoms with E-state index in [0.29, 0.717) is 33.4 Å². The zero-order valence-electron chi connectivity index (χ0n) is 14.9. The van der Waals surface area contributed by atoms with E-state index in [1.54, 1.807) is 61.8 Å². The summed E-state index contributed by atoms with van der Waals surface area (Å²) >= 11 is 6.07. The van der Waals surface area contributed by atoms with Gasteiger partial charge in [-0.1, -0.05) is 23.7 Å². The van der Waals surface area contributed by atoms with Gasteiger partial charge in [0.15, 0.2) is 11.7 Å². The van der Waals surface area contributed by atoms with Crippen LogP contribution in [0, 0.1) is 0 Å². The van der Waals surface area contributed by atoms with Gasteiger partial charge in [-0.3, -0.25) is 9.78 Å². The Morgan fingerprint density at radius 2 is 1.93 bits per heavy atom. The summed E-state index contributed by atoms with van der Waals surface area (Å²) in [5.41, 5.74) is 2.70. The quantitative estimate of drug-likeness (QED) is 0.519. The summed E-state index contributed by atoms with van der Waals surface area (Å²) in [5.74, 6) is 0.661. The standard InChI is InChI=1S/C21H16ClN3O3/c1-13(27-18-5-3-2-4-16(18)22)20(26)24-15-6-7-19-17(12-15)25-21(28-19)14-8-10-23-11-9-14/h2-13H,1H3,(H,24,26)/t13-/m0/s1. The van der Waals surface area contributed by atoms with Gasteiger partial charge in [0.25, 0.3) is 5.91 Å². The molecule has 0 radical (unpaired) electrons. The van der Waals surface area contributed by atoms with E-state index in [-0.39, 0.29) is 5.91 Å². The van der Waals surface area contributed by atoms with Crippen LogP contribution < -0.4 is 10.1 Å². The van der Waals surface area contributed by atoms with Crippen molar-refractivity contribution in [2.24, 2.45) is 0 Å². The summed E-state index contributed by atoms with van der Waals surface area (Å²) in [6, 6.07) is 15.9. The molecule has 140 valence electrons. The van der Waals surface area contributed by atoms with Crippen molar-refractivity contribution in [3.63, 3.8) is 0 Å². The number of carbonyl (C=O) groups excluding carboxylic acids is 1. The maximum absolute atomic E-state index is 12.5. The fourth-order valence-corrected chi connectivity index (χ4v) is 2.83. The molecule has 0 aliphatic rings.